The second kappa shape index (κ2) is 9.31. The van der Waals surface area contributed by atoms with Gasteiger partial charge < -0.3 is 19.5 Å². The molecule has 2 N–H and O–H groups in total. The molecule has 1 atom stereocenters. The second-order valence-electron chi connectivity index (χ2n) is 8.62. The first-order chi connectivity index (χ1) is 16.6. The lowest BCUT2D eigenvalue weighted by Gasteiger charge is -2.21. The lowest BCUT2D eigenvalue weighted by atomic mass is 10.0. The van der Waals surface area contributed by atoms with E-state index in [1.165, 1.54) is 0 Å². The highest BCUT2D eigenvalue weighted by Gasteiger charge is 2.17. The van der Waals surface area contributed by atoms with Crippen LogP contribution in [0.15, 0.2) is 81.4 Å². The molecule has 0 bridgehead atoms. The van der Waals surface area contributed by atoms with Crippen molar-refractivity contribution in [2.75, 3.05) is 18.0 Å². The van der Waals surface area contributed by atoms with Crippen molar-refractivity contribution in [1.29, 1.82) is 0 Å². The number of fused-ring (bicyclic) bond motifs is 4. The van der Waals surface area contributed by atoms with Crippen LogP contribution >= 0.6 is 0 Å². The minimum absolute atomic E-state index is 0.376. The molecule has 0 saturated carbocycles. The molecule has 2 aromatic carbocycles. The van der Waals surface area contributed by atoms with E-state index in [0.717, 1.165) is 58.3 Å². The highest BCUT2D eigenvalue weighted by atomic mass is 16.3. The molecule has 5 rings (SSSR count). The molecule has 174 valence electrons. The van der Waals surface area contributed by atoms with E-state index in [0.29, 0.717) is 29.7 Å². The predicted molar refractivity (Wildman–Crippen MR) is 136 cm³/mol. The van der Waals surface area contributed by atoms with Gasteiger partial charge in [0.05, 0.1) is 11.1 Å². The number of aliphatic hydroxyl groups is 2. The van der Waals surface area contributed by atoms with Crippen LogP contribution in [0.1, 0.15) is 33.1 Å². The van der Waals surface area contributed by atoms with E-state index < -0.39 is 6.23 Å². The number of hydrogen-bond donors (Lipinski definition) is 2. The summed E-state index contributed by atoms with van der Waals surface area (Å²) >= 11 is 0. The first-order valence-corrected chi connectivity index (χ1v) is 11.9. The number of nitrogens with zero attached hydrogens (tertiary/aromatic N) is 3. The van der Waals surface area contributed by atoms with Gasteiger partial charge in [-0.3, -0.25) is 4.99 Å². The molecular formula is C28H29N3O3. The van der Waals surface area contributed by atoms with E-state index in [1.54, 1.807) is 6.08 Å². The minimum atomic E-state index is -0.886. The molecule has 2 aliphatic carbocycles. The molecule has 0 aromatic heterocycles. The molecule has 6 heteroatoms. The van der Waals surface area contributed by atoms with E-state index in [2.05, 4.69) is 29.8 Å². The van der Waals surface area contributed by atoms with Crippen LogP contribution in [-0.2, 0) is 0 Å². The SMILES string of the molecule is CCN(CC)c1ccc2nc3c4ccccc4/c(=N\C(O)CC4=CC=C(O)CC4)cc-3oc2c1. The molecule has 0 amide bonds. The van der Waals surface area contributed by atoms with Crippen molar-refractivity contribution in [3.8, 4) is 11.5 Å². The number of hydrogen-bond acceptors (Lipinski definition) is 6. The van der Waals surface area contributed by atoms with Crippen molar-refractivity contribution in [3.63, 3.8) is 0 Å². The van der Waals surface area contributed by atoms with Gasteiger partial charge in [0.2, 0.25) is 0 Å². The zero-order valence-corrected chi connectivity index (χ0v) is 19.5. The molecule has 0 radical (unpaired) electrons. The fourth-order valence-corrected chi connectivity index (χ4v) is 4.60. The van der Waals surface area contributed by atoms with Gasteiger partial charge in [-0.25, -0.2) is 4.98 Å². The Morgan fingerprint density at radius 1 is 1.03 bits per heavy atom. The van der Waals surface area contributed by atoms with Gasteiger partial charge in [-0.15, -0.1) is 0 Å². The quantitative estimate of drug-likeness (QED) is 0.288. The monoisotopic (exact) mass is 455 g/mol. The smallest absolute Gasteiger partial charge is 0.155 e. The molecular weight excluding hydrogens is 426 g/mol. The van der Waals surface area contributed by atoms with E-state index in [1.807, 2.05) is 48.5 Å². The Kier molecular flexibility index (Phi) is 6.07. The maximum Gasteiger partial charge on any atom is 0.155 e. The van der Waals surface area contributed by atoms with Gasteiger partial charge in [0, 0.05) is 54.5 Å². The summed E-state index contributed by atoms with van der Waals surface area (Å²) in [6.07, 6.45) is 4.44. The van der Waals surface area contributed by atoms with Crippen LogP contribution in [0.4, 0.5) is 5.69 Å². The summed E-state index contributed by atoms with van der Waals surface area (Å²) in [5.41, 5.74) is 4.48. The van der Waals surface area contributed by atoms with Gasteiger partial charge in [-0.1, -0.05) is 35.9 Å². The summed E-state index contributed by atoms with van der Waals surface area (Å²) < 4.78 is 6.34. The Bertz CT molecular complexity index is 1450. The fourth-order valence-electron chi connectivity index (χ4n) is 4.60. The maximum atomic E-state index is 10.7. The number of benzene rings is 3. The largest absolute Gasteiger partial charge is 0.512 e. The van der Waals surface area contributed by atoms with E-state index in [9.17, 15) is 10.2 Å². The van der Waals surface area contributed by atoms with Crippen LogP contribution < -0.4 is 10.3 Å². The van der Waals surface area contributed by atoms with Crippen LogP contribution in [0.3, 0.4) is 0 Å². The highest BCUT2D eigenvalue weighted by molar-refractivity contribution is 5.96. The summed E-state index contributed by atoms with van der Waals surface area (Å²) in [7, 11) is 0. The third-order valence-corrected chi connectivity index (χ3v) is 6.43. The van der Waals surface area contributed by atoms with Gasteiger partial charge in [0.1, 0.15) is 17.4 Å². The van der Waals surface area contributed by atoms with E-state index in [4.69, 9.17) is 9.40 Å². The van der Waals surface area contributed by atoms with Gasteiger partial charge in [0.25, 0.3) is 0 Å². The third kappa shape index (κ3) is 4.29. The average Bonchev–Trinajstić information content (AvgIpc) is 2.85. The summed E-state index contributed by atoms with van der Waals surface area (Å²) in [5.74, 6) is 1.01. The van der Waals surface area contributed by atoms with Crippen molar-refractivity contribution < 1.29 is 14.6 Å². The summed E-state index contributed by atoms with van der Waals surface area (Å²) in [6.45, 7) is 6.11. The molecule has 0 spiro atoms. The zero-order chi connectivity index (χ0) is 23.7. The number of anilines is 1. The summed E-state index contributed by atoms with van der Waals surface area (Å²) in [5, 5.41) is 22.8. The standard InChI is InChI=1S/C28H29N3O3/c1-3-31(4-2)19-11-14-23-25(16-19)34-26-17-24(21-7-5-6-8-22(21)28(26)30-23)29-27(33)15-18-9-12-20(32)13-10-18/h5-9,11-12,14,16-17,27,32-33H,3-4,10,13,15H2,1-2H3/b29-24-. The van der Waals surface area contributed by atoms with Crippen LogP contribution in [0.25, 0.3) is 33.3 Å². The fraction of sp³-hybridized carbons (Fsp3) is 0.286. The summed E-state index contributed by atoms with van der Waals surface area (Å²) in [4.78, 5) is 11.8. The van der Waals surface area contributed by atoms with E-state index >= 15 is 0 Å². The Labute approximate surface area is 198 Å². The molecule has 1 aliphatic heterocycles. The predicted octanol–water partition coefficient (Wildman–Crippen LogP) is 5.70. The second-order valence-corrected chi connectivity index (χ2v) is 8.62. The summed E-state index contributed by atoms with van der Waals surface area (Å²) in [6, 6.07) is 15.9. The van der Waals surface area contributed by atoms with Crippen LogP contribution in [0.2, 0.25) is 0 Å². The van der Waals surface area contributed by atoms with E-state index in [-0.39, 0.29) is 0 Å². The van der Waals surface area contributed by atoms with Crippen molar-refractivity contribution in [2.24, 2.45) is 4.99 Å². The molecule has 3 aliphatic rings. The Morgan fingerprint density at radius 3 is 2.56 bits per heavy atom. The number of aliphatic hydroxyl groups excluding tert-OH is 2. The van der Waals surface area contributed by atoms with Crippen molar-refractivity contribution in [3.05, 3.63) is 77.4 Å². The van der Waals surface area contributed by atoms with Gasteiger partial charge in [-0.2, -0.15) is 0 Å². The number of allylic oxidation sites excluding steroid dienone is 3. The first-order valence-electron chi connectivity index (χ1n) is 11.9. The van der Waals surface area contributed by atoms with Crippen LogP contribution in [0, 0.1) is 0 Å². The highest BCUT2D eigenvalue weighted by Crippen LogP contribution is 2.32. The Hall–Kier alpha value is -3.64. The Balaban J connectivity index is 1.63. The van der Waals surface area contributed by atoms with Crippen LogP contribution in [0.5, 0.6) is 0 Å². The van der Waals surface area contributed by atoms with Gasteiger partial charge >= 0.3 is 0 Å². The molecule has 0 fully saturated rings. The molecule has 0 saturated heterocycles. The first kappa shape index (κ1) is 22.2. The minimum Gasteiger partial charge on any atom is -0.512 e. The topological polar surface area (TPSA) is 82.1 Å². The average molecular weight is 456 g/mol. The number of aromatic nitrogens is 1. The maximum absolute atomic E-state index is 10.7. The van der Waals surface area contributed by atoms with Crippen molar-refractivity contribution >= 4 is 27.6 Å². The lowest BCUT2D eigenvalue weighted by Crippen LogP contribution is -2.21. The third-order valence-electron chi connectivity index (χ3n) is 6.43. The zero-order valence-electron chi connectivity index (χ0n) is 19.5. The molecule has 1 heterocycles. The van der Waals surface area contributed by atoms with Crippen molar-refractivity contribution in [2.45, 2.75) is 39.3 Å². The normalized spacial score (nSPS) is 15.6. The molecule has 6 nitrogen and oxygen atoms in total. The molecule has 2 aromatic rings. The molecule has 1 unspecified atom stereocenters. The van der Waals surface area contributed by atoms with Gasteiger partial charge in [-0.05, 0) is 38.5 Å². The van der Waals surface area contributed by atoms with Crippen LogP contribution in [-0.4, -0.2) is 34.5 Å². The lowest BCUT2D eigenvalue weighted by molar-refractivity contribution is 0.179. The van der Waals surface area contributed by atoms with Gasteiger partial charge in [0.15, 0.2) is 11.3 Å². The molecule has 34 heavy (non-hydrogen) atoms. The van der Waals surface area contributed by atoms with Crippen molar-refractivity contribution in [1.82, 2.24) is 4.98 Å². The number of rotatable bonds is 6. The Morgan fingerprint density at radius 2 is 1.82 bits per heavy atom.